The molecule has 0 fully saturated rings. The summed E-state index contributed by atoms with van der Waals surface area (Å²) < 4.78 is 0. The van der Waals surface area contributed by atoms with Crippen LogP contribution in [0.1, 0.15) is 43.4 Å². The number of hydrogen-bond acceptors (Lipinski definition) is 2. The van der Waals surface area contributed by atoms with Gasteiger partial charge in [0.05, 0.1) is 0 Å². The lowest BCUT2D eigenvalue weighted by Crippen LogP contribution is -2.29. The molecule has 1 aromatic rings. The van der Waals surface area contributed by atoms with Gasteiger partial charge in [0.15, 0.2) is 0 Å². The number of halogens is 1. The fraction of sp³-hybridized carbons (Fsp3) is 0.533. The summed E-state index contributed by atoms with van der Waals surface area (Å²) in [5.74, 6) is 0.128. The van der Waals surface area contributed by atoms with Crippen LogP contribution in [0.25, 0.3) is 0 Å². The number of benzene rings is 1. The van der Waals surface area contributed by atoms with E-state index in [0.717, 1.165) is 37.4 Å². The number of hydrogen-bond donors (Lipinski definition) is 2. The van der Waals surface area contributed by atoms with Crippen molar-refractivity contribution in [3.8, 4) is 0 Å². The Morgan fingerprint density at radius 1 is 1.42 bits per heavy atom. The molecule has 0 heterocycles. The minimum Gasteiger partial charge on any atom is -0.356 e. The average Bonchev–Trinajstić information content (AvgIpc) is 2.79. The van der Waals surface area contributed by atoms with Crippen molar-refractivity contribution in [2.75, 3.05) is 13.1 Å². The first-order valence-corrected chi connectivity index (χ1v) is 7.37. The van der Waals surface area contributed by atoms with Crippen LogP contribution in [-0.4, -0.2) is 19.0 Å². The second-order valence-corrected chi connectivity index (χ2v) is 5.42. The highest BCUT2D eigenvalue weighted by Crippen LogP contribution is 2.32. The van der Waals surface area contributed by atoms with Crippen molar-refractivity contribution in [3.05, 3.63) is 34.3 Å². The Morgan fingerprint density at radius 3 is 3.05 bits per heavy atom. The summed E-state index contributed by atoms with van der Waals surface area (Å²) in [7, 11) is 0. The van der Waals surface area contributed by atoms with Gasteiger partial charge in [-0.1, -0.05) is 24.6 Å². The molecule has 1 unspecified atom stereocenters. The van der Waals surface area contributed by atoms with Crippen LogP contribution in [0, 0.1) is 0 Å². The summed E-state index contributed by atoms with van der Waals surface area (Å²) in [6.45, 7) is 3.55. The van der Waals surface area contributed by atoms with Crippen molar-refractivity contribution in [1.29, 1.82) is 0 Å². The molecule has 1 amide bonds. The Kier molecular flexibility index (Phi) is 5.23. The zero-order valence-corrected chi connectivity index (χ0v) is 12.1. The number of rotatable bonds is 6. The zero-order chi connectivity index (χ0) is 13.7. The second kappa shape index (κ2) is 6.92. The number of amides is 1. The second-order valence-electron chi connectivity index (χ2n) is 4.99. The lowest BCUT2D eigenvalue weighted by Gasteiger charge is -2.14. The normalized spacial score (nSPS) is 17.3. The minimum absolute atomic E-state index is 0.128. The Bertz CT molecular complexity index is 448. The van der Waals surface area contributed by atoms with Gasteiger partial charge in [0.25, 0.3) is 0 Å². The molecule has 1 atom stereocenters. The third-order valence-corrected chi connectivity index (χ3v) is 3.73. The van der Waals surface area contributed by atoms with Gasteiger partial charge in [-0.05, 0) is 42.5 Å². The van der Waals surface area contributed by atoms with Crippen LogP contribution in [0.2, 0.25) is 5.02 Å². The summed E-state index contributed by atoms with van der Waals surface area (Å²) in [5.41, 5.74) is 2.67. The maximum absolute atomic E-state index is 11.5. The molecular formula is C15H21ClN2O. The summed E-state index contributed by atoms with van der Waals surface area (Å²) >= 11 is 5.99. The van der Waals surface area contributed by atoms with E-state index >= 15 is 0 Å². The number of fused-ring (bicyclic) bond motifs is 1. The Morgan fingerprint density at radius 2 is 2.26 bits per heavy atom. The van der Waals surface area contributed by atoms with Gasteiger partial charge < -0.3 is 10.6 Å². The van der Waals surface area contributed by atoms with E-state index in [1.54, 1.807) is 0 Å². The number of carbonyl (C=O) groups excluding carboxylic acids is 1. The number of aryl methyl sites for hydroxylation is 1. The summed E-state index contributed by atoms with van der Waals surface area (Å²) in [4.78, 5) is 11.5. The van der Waals surface area contributed by atoms with Crippen molar-refractivity contribution in [2.45, 2.75) is 38.6 Å². The lowest BCUT2D eigenvalue weighted by molar-refractivity contribution is -0.121. The van der Waals surface area contributed by atoms with Crippen molar-refractivity contribution >= 4 is 17.5 Å². The molecule has 0 spiro atoms. The van der Waals surface area contributed by atoms with E-state index in [9.17, 15) is 4.79 Å². The van der Waals surface area contributed by atoms with Crippen molar-refractivity contribution in [2.24, 2.45) is 0 Å². The van der Waals surface area contributed by atoms with Gasteiger partial charge in [0.1, 0.15) is 0 Å². The van der Waals surface area contributed by atoms with Gasteiger partial charge in [-0.2, -0.15) is 0 Å². The molecular weight excluding hydrogens is 260 g/mol. The van der Waals surface area contributed by atoms with Crippen LogP contribution in [0.15, 0.2) is 18.2 Å². The molecule has 2 N–H and O–H groups in total. The highest BCUT2D eigenvalue weighted by Gasteiger charge is 2.21. The number of nitrogens with one attached hydrogen (secondary N) is 2. The maximum atomic E-state index is 11.5. The van der Waals surface area contributed by atoms with E-state index < -0.39 is 0 Å². The third-order valence-electron chi connectivity index (χ3n) is 3.50. The minimum atomic E-state index is 0.128. The van der Waals surface area contributed by atoms with Gasteiger partial charge in [-0.25, -0.2) is 0 Å². The topological polar surface area (TPSA) is 41.1 Å². The van der Waals surface area contributed by atoms with Gasteiger partial charge in [-0.15, -0.1) is 0 Å². The third kappa shape index (κ3) is 3.95. The van der Waals surface area contributed by atoms with Gasteiger partial charge in [0, 0.05) is 30.6 Å². The molecule has 19 heavy (non-hydrogen) atoms. The molecule has 2 rings (SSSR count). The highest BCUT2D eigenvalue weighted by molar-refractivity contribution is 6.30. The SMILES string of the molecule is CCCNC(=O)CCNC1CCc2cc(Cl)ccc21. The molecule has 3 nitrogen and oxygen atoms in total. The Balaban J connectivity index is 1.78. The van der Waals surface area contributed by atoms with Crippen LogP contribution < -0.4 is 10.6 Å². The first-order chi connectivity index (χ1) is 9.20. The van der Waals surface area contributed by atoms with Crippen molar-refractivity contribution in [1.82, 2.24) is 10.6 Å². The van der Waals surface area contributed by atoms with Crippen LogP contribution in [0.3, 0.4) is 0 Å². The molecule has 1 aromatic carbocycles. The van der Waals surface area contributed by atoms with E-state index in [2.05, 4.69) is 23.6 Å². The first-order valence-electron chi connectivity index (χ1n) is 6.99. The van der Waals surface area contributed by atoms with Gasteiger partial charge in [-0.3, -0.25) is 4.79 Å². The predicted molar refractivity (Wildman–Crippen MR) is 78.4 cm³/mol. The Labute approximate surface area is 119 Å². The quantitative estimate of drug-likeness (QED) is 0.841. The standard InChI is InChI=1S/C15H21ClN2O/c1-2-8-18-15(19)7-9-17-14-6-3-11-10-12(16)4-5-13(11)14/h4-5,10,14,17H,2-3,6-9H2,1H3,(H,18,19). The largest absolute Gasteiger partial charge is 0.356 e. The van der Waals surface area contributed by atoms with E-state index in [-0.39, 0.29) is 5.91 Å². The first kappa shape index (κ1) is 14.4. The molecule has 4 heteroatoms. The van der Waals surface area contributed by atoms with Crippen LogP contribution in [0.4, 0.5) is 0 Å². The highest BCUT2D eigenvalue weighted by atomic mass is 35.5. The average molecular weight is 281 g/mol. The van der Waals surface area contributed by atoms with E-state index in [4.69, 9.17) is 11.6 Å². The smallest absolute Gasteiger partial charge is 0.221 e. The van der Waals surface area contributed by atoms with Crippen LogP contribution in [-0.2, 0) is 11.2 Å². The summed E-state index contributed by atoms with van der Waals surface area (Å²) in [6, 6.07) is 6.45. The van der Waals surface area contributed by atoms with Crippen molar-refractivity contribution in [3.63, 3.8) is 0 Å². The molecule has 104 valence electrons. The van der Waals surface area contributed by atoms with Gasteiger partial charge >= 0.3 is 0 Å². The molecule has 1 aliphatic carbocycles. The zero-order valence-electron chi connectivity index (χ0n) is 11.3. The predicted octanol–water partition coefficient (Wildman–Crippen LogP) is 2.83. The molecule has 0 saturated heterocycles. The monoisotopic (exact) mass is 280 g/mol. The lowest BCUT2D eigenvalue weighted by atomic mass is 10.1. The van der Waals surface area contributed by atoms with Crippen LogP contribution in [0.5, 0.6) is 0 Å². The summed E-state index contributed by atoms with van der Waals surface area (Å²) in [5, 5.41) is 7.15. The van der Waals surface area contributed by atoms with Gasteiger partial charge in [0.2, 0.25) is 5.91 Å². The molecule has 0 aliphatic heterocycles. The summed E-state index contributed by atoms with van der Waals surface area (Å²) in [6.07, 6.45) is 3.68. The van der Waals surface area contributed by atoms with Crippen LogP contribution >= 0.6 is 11.6 Å². The number of carbonyl (C=O) groups is 1. The molecule has 0 bridgehead atoms. The molecule has 0 saturated carbocycles. The maximum Gasteiger partial charge on any atom is 0.221 e. The Hall–Kier alpha value is -1.06. The van der Waals surface area contributed by atoms with E-state index in [0.29, 0.717) is 12.5 Å². The molecule has 0 aromatic heterocycles. The fourth-order valence-corrected chi connectivity index (χ4v) is 2.71. The molecule has 1 aliphatic rings. The van der Waals surface area contributed by atoms with Crippen molar-refractivity contribution < 1.29 is 4.79 Å². The van der Waals surface area contributed by atoms with E-state index in [1.165, 1.54) is 11.1 Å². The molecule has 0 radical (unpaired) electrons. The van der Waals surface area contributed by atoms with E-state index in [1.807, 2.05) is 12.1 Å². The fourth-order valence-electron chi connectivity index (χ4n) is 2.51.